The minimum atomic E-state index is 0.727. The summed E-state index contributed by atoms with van der Waals surface area (Å²) in [5.41, 5.74) is 0. The summed E-state index contributed by atoms with van der Waals surface area (Å²) in [6.45, 7) is 3.68. The molecule has 0 aromatic carbocycles. The first-order valence-corrected chi connectivity index (χ1v) is 3.04. The van der Waals surface area contributed by atoms with Crippen molar-refractivity contribution in [3.8, 4) is 12.3 Å². The number of hydrogen-bond acceptors (Lipinski definition) is 1. The quantitative estimate of drug-likeness (QED) is 0.401. The molecule has 0 unspecified atom stereocenters. The monoisotopic (exact) mass is 123 g/mol. The van der Waals surface area contributed by atoms with E-state index in [1.807, 2.05) is 20.0 Å². The van der Waals surface area contributed by atoms with E-state index in [4.69, 9.17) is 6.42 Å². The Labute approximate surface area is 57.4 Å². The van der Waals surface area contributed by atoms with Gasteiger partial charge in [-0.3, -0.25) is 4.90 Å². The highest BCUT2D eigenvalue weighted by molar-refractivity contribution is 4.89. The minimum Gasteiger partial charge on any atom is -0.292 e. The van der Waals surface area contributed by atoms with Gasteiger partial charge in [-0.1, -0.05) is 18.1 Å². The van der Waals surface area contributed by atoms with Crippen molar-refractivity contribution in [1.29, 1.82) is 0 Å². The van der Waals surface area contributed by atoms with E-state index in [-0.39, 0.29) is 0 Å². The summed E-state index contributed by atoms with van der Waals surface area (Å²) in [6.07, 6.45) is 9.19. The van der Waals surface area contributed by atoms with E-state index < -0.39 is 0 Å². The Kier molecular flexibility index (Phi) is 4.95. The first-order chi connectivity index (χ1) is 4.31. The van der Waals surface area contributed by atoms with E-state index in [0.29, 0.717) is 0 Å². The Bertz CT molecular complexity index is 119. The van der Waals surface area contributed by atoms with Gasteiger partial charge in [0.2, 0.25) is 0 Å². The molecule has 0 heterocycles. The molecule has 0 N–H and O–H groups in total. The van der Waals surface area contributed by atoms with E-state index in [1.165, 1.54) is 0 Å². The molecule has 0 bridgehead atoms. The van der Waals surface area contributed by atoms with Crippen LogP contribution in [0.15, 0.2) is 12.2 Å². The smallest absolute Gasteiger partial charge is 0.0599 e. The van der Waals surface area contributed by atoms with Crippen molar-refractivity contribution >= 4 is 0 Å². The van der Waals surface area contributed by atoms with Crippen molar-refractivity contribution in [3.63, 3.8) is 0 Å². The summed E-state index contributed by atoms with van der Waals surface area (Å²) >= 11 is 0. The SMILES string of the molecule is C#CCN(C)CC=CC. The molecule has 50 valence electrons. The van der Waals surface area contributed by atoms with E-state index in [0.717, 1.165) is 13.1 Å². The second-order valence-electron chi connectivity index (χ2n) is 1.97. The van der Waals surface area contributed by atoms with Gasteiger partial charge >= 0.3 is 0 Å². The fraction of sp³-hybridized carbons (Fsp3) is 0.500. The van der Waals surface area contributed by atoms with Gasteiger partial charge in [-0.05, 0) is 14.0 Å². The number of rotatable bonds is 3. The van der Waals surface area contributed by atoms with Gasteiger partial charge in [0.1, 0.15) is 0 Å². The van der Waals surface area contributed by atoms with Gasteiger partial charge in [0.05, 0.1) is 6.54 Å². The third kappa shape index (κ3) is 5.13. The van der Waals surface area contributed by atoms with Gasteiger partial charge in [-0.25, -0.2) is 0 Å². The van der Waals surface area contributed by atoms with E-state index in [1.54, 1.807) is 0 Å². The lowest BCUT2D eigenvalue weighted by atomic mass is 10.4. The van der Waals surface area contributed by atoms with Crippen molar-refractivity contribution < 1.29 is 0 Å². The zero-order valence-corrected chi connectivity index (χ0v) is 6.09. The molecular weight excluding hydrogens is 110 g/mol. The van der Waals surface area contributed by atoms with E-state index >= 15 is 0 Å². The lowest BCUT2D eigenvalue weighted by Gasteiger charge is -2.08. The molecule has 0 fully saturated rings. The lowest BCUT2D eigenvalue weighted by Crippen LogP contribution is -2.17. The van der Waals surface area contributed by atoms with Crippen molar-refractivity contribution in [1.82, 2.24) is 4.90 Å². The summed E-state index contributed by atoms with van der Waals surface area (Å²) < 4.78 is 0. The molecule has 0 aliphatic heterocycles. The van der Waals surface area contributed by atoms with Crippen molar-refractivity contribution in [3.05, 3.63) is 12.2 Å². The number of hydrogen-bond donors (Lipinski definition) is 0. The summed E-state index contributed by atoms with van der Waals surface area (Å²) in [6, 6.07) is 0. The van der Waals surface area contributed by atoms with Gasteiger partial charge in [0, 0.05) is 6.54 Å². The number of terminal acetylenes is 1. The molecule has 0 aliphatic carbocycles. The predicted molar refractivity (Wildman–Crippen MR) is 41.1 cm³/mol. The van der Waals surface area contributed by atoms with Gasteiger partial charge in [0.25, 0.3) is 0 Å². The molecule has 0 rings (SSSR count). The normalized spacial score (nSPS) is 10.4. The van der Waals surface area contributed by atoms with Crippen LogP contribution in [0.3, 0.4) is 0 Å². The Balaban J connectivity index is 3.29. The molecule has 0 radical (unpaired) electrons. The van der Waals surface area contributed by atoms with Crippen LogP contribution < -0.4 is 0 Å². The molecule has 9 heavy (non-hydrogen) atoms. The van der Waals surface area contributed by atoms with Gasteiger partial charge in [-0.15, -0.1) is 6.42 Å². The molecule has 0 spiro atoms. The summed E-state index contributed by atoms with van der Waals surface area (Å²) in [7, 11) is 2.00. The second kappa shape index (κ2) is 5.40. The van der Waals surface area contributed by atoms with Crippen LogP contribution in [0.2, 0.25) is 0 Å². The lowest BCUT2D eigenvalue weighted by molar-refractivity contribution is 0.419. The van der Waals surface area contributed by atoms with Crippen molar-refractivity contribution in [2.45, 2.75) is 6.92 Å². The fourth-order valence-electron chi connectivity index (χ4n) is 0.506. The Morgan fingerprint density at radius 1 is 1.67 bits per heavy atom. The molecule has 0 aliphatic rings. The first-order valence-electron chi connectivity index (χ1n) is 3.04. The molecule has 0 saturated carbocycles. The predicted octanol–water partition coefficient (Wildman–Crippen LogP) is 1.13. The van der Waals surface area contributed by atoms with E-state index in [9.17, 15) is 0 Å². The highest BCUT2D eigenvalue weighted by atomic mass is 15.1. The summed E-state index contributed by atoms with van der Waals surface area (Å²) in [4.78, 5) is 2.07. The molecular formula is C8H13N. The van der Waals surface area contributed by atoms with Gasteiger partial charge < -0.3 is 0 Å². The van der Waals surface area contributed by atoms with Gasteiger partial charge in [0.15, 0.2) is 0 Å². The molecule has 0 atom stereocenters. The average molecular weight is 123 g/mol. The summed E-state index contributed by atoms with van der Waals surface area (Å²) in [5, 5.41) is 0. The van der Waals surface area contributed by atoms with Crippen LogP contribution in [-0.2, 0) is 0 Å². The Hall–Kier alpha value is -0.740. The number of allylic oxidation sites excluding steroid dienone is 1. The van der Waals surface area contributed by atoms with Crippen LogP contribution in [0, 0.1) is 12.3 Å². The Morgan fingerprint density at radius 2 is 2.33 bits per heavy atom. The standard InChI is InChI=1S/C8H13N/c1-4-6-8-9(3)7-5-2/h2,4,6H,7-8H2,1,3H3. The zero-order chi connectivity index (χ0) is 7.11. The molecule has 1 nitrogen and oxygen atoms in total. The largest absolute Gasteiger partial charge is 0.292 e. The maximum absolute atomic E-state index is 5.09. The van der Waals surface area contributed by atoms with Crippen molar-refractivity contribution in [2.24, 2.45) is 0 Å². The third-order valence-electron chi connectivity index (χ3n) is 1.01. The van der Waals surface area contributed by atoms with Crippen LogP contribution in [0.4, 0.5) is 0 Å². The van der Waals surface area contributed by atoms with Crippen LogP contribution in [0.1, 0.15) is 6.92 Å². The highest BCUT2D eigenvalue weighted by Gasteiger charge is 1.87. The molecule has 0 aromatic rings. The maximum atomic E-state index is 5.09. The zero-order valence-electron chi connectivity index (χ0n) is 6.09. The molecule has 0 aromatic heterocycles. The topological polar surface area (TPSA) is 3.24 Å². The molecule has 1 heteroatoms. The van der Waals surface area contributed by atoms with Gasteiger partial charge in [-0.2, -0.15) is 0 Å². The van der Waals surface area contributed by atoms with Crippen LogP contribution in [0.25, 0.3) is 0 Å². The fourth-order valence-corrected chi connectivity index (χ4v) is 0.506. The minimum absolute atomic E-state index is 0.727. The summed E-state index contributed by atoms with van der Waals surface area (Å²) in [5.74, 6) is 2.57. The van der Waals surface area contributed by atoms with Crippen LogP contribution >= 0.6 is 0 Å². The first kappa shape index (κ1) is 8.26. The maximum Gasteiger partial charge on any atom is 0.0599 e. The third-order valence-corrected chi connectivity index (χ3v) is 1.01. The van der Waals surface area contributed by atoms with E-state index in [2.05, 4.69) is 16.9 Å². The average Bonchev–Trinajstić information content (AvgIpc) is 1.85. The van der Waals surface area contributed by atoms with Crippen LogP contribution in [0.5, 0.6) is 0 Å². The number of nitrogens with zero attached hydrogens (tertiary/aromatic N) is 1. The highest BCUT2D eigenvalue weighted by Crippen LogP contribution is 1.80. The second-order valence-corrected chi connectivity index (χ2v) is 1.97. The molecule has 0 saturated heterocycles. The Morgan fingerprint density at radius 3 is 2.78 bits per heavy atom. The van der Waals surface area contributed by atoms with Crippen molar-refractivity contribution in [2.75, 3.05) is 20.1 Å². The number of likely N-dealkylation sites (N-methyl/N-ethyl adjacent to an activating group) is 1. The molecule has 0 amide bonds. The van der Waals surface area contributed by atoms with Crippen LogP contribution in [-0.4, -0.2) is 25.0 Å².